The zero-order valence-electron chi connectivity index (χ0n) is 10.7. The second kappa shape index (κ2) is 6.71. The van der Waals surface area contributed by atoms with Gasteiger partial charge in [-0.05, 0) is 18.8 Å². The first-order chi connectivity index (χ1) is 8.02. The Labute approximate surface area is 107 Å². The van der Waals surface area contributed by atoms with Gasteiger partial charge in [0.1, 0.15) is 5.01 Å². The van der Waals surface area contributed by atoms with E-state index in [1.54, 1.807) is 11.3 Å². The highest BCUT2D eigenvalue weighted by Gasteiger charge is 2.14. The van der Waals surface area contributed by atoms with Crippen LogP contribution in [0.4, 0.5) is 0 Å². The highest BCUT2D eigenvalue weighted by atomic mass is 32.1. The lowest BCUT2D eigenvalue weighted by Gasteiger charge is -2.13. The van der Waals surface area contributed by atoms with E-state index >= 15 is 0 Å². The fourth-order valence-corrected chi connectivity index (χ4v) is 2.30. The molecule has 1 rings (SSSR count). The maximum Gasteiger partial charge on any atom is 0.237 e. The molecule has 3 N–H and O–H groups in total. The van der Waals surface area contributed by atoms with Gasteiger partial charge in [-0.15, -0.1) is 11.3 Å². The number of aromatic nitrogens is 1. The summed E-state index contributed by atoms with van der Waals surface area (Å²) in [5.41, 5.74) is 5.78. The summed E-state index contributed by atoms with van der Waals surface area (Å²) in [6, 6.07) is -0.416. The maximum atomic E-state index is 11.7. The summed E-state index contributed by atoms with van der Waals surface area (Å²) < 4.78 is 0. The molecular formula is C12H21N3OS. The fraction of sp³-hybridized carbons (Fsp3) is 0.667. The molecule has 0 fully saturated rings. The van der Waals surface area contributed by atoms with Gasteiger partial charge in [-0.3, -0.25) is 4.79 Å². The molecule has 0 unspecified atom stereocenters. The average molecular weight is 255 g/mol. The van der Waals surface area contributed by atoms with E-state index in [-0.39, 0.29) is 5.91 Å². The van der Waals surface area contributed by atoms with Gasteiger partial charge in [0, 0.05) is 11.1 Å². The zero-order valence-corrected chi connectivity index (χ0v) is 11.5. The third kappa shape index (κ3) is 4.83. The number of nitrogens with one attached hydrogen (secondary N) is 1. The second-order valence-electron chi connectivity index (χ2n) is 4.53. The van der Waals surface area contributed by atoms with Gasteiger partial charge in [0.25, 0.3) is 0 Å². The molecule has 1 heterocycles. The van der Waals surface area contributed by atoms with E-state index in [1.165, 1.54) is 4.88 Å². The van der Waals surface area contributed by atoms with Gasteiger partial charge >= 0.3 is 0 Å². The molecule has 0 saturated heterocycles. The molecule has 17 heavy (non-hydrogen) atoms. The van der Waals surface area contributed by atoms with Crippen LogP contribution in [0.3, 0.4) is 0 Å². The number of hydrogen-bond acceptors (Lipinski definition) is 4. The number of carbonyl (C=O) groups excluding carboxylic acids is 1. The van der Waals surface area contributed by atoms with Crippen molar-refractivity contribution in [3.63, 3.8) is 0 Å². The minimum absolute atomic E-state index is 0.0908. The predicted octanol–water partition coefficient (Wildman–Crippen LogP) is 1.70. The van der Waals surface area contributed by atoms with Crippen molar-refractivity contribution in [3.8, 4) is 0 Å². The molecule has 0 aliphatic rings. The number of aryl methyl sites for hydroxylation is 1. The SMILES string of the molecule is CCc1cnc(CNC(=O)[C@@H](N)CC(C)C)s1. The van der Waals surface area contributed by atoms with Gasteiger partial charge < -0.3 is 11.1 Å². The number of amides is 1. The first kappa shape index (κ1) is 14.1. The molecule has 0 aliphatic heterocycles. The Balaban J connectivity index is 2.37. The van der Waals surface area contributed by atoms with Crippen molar-refractivity contribution < 1.29 is 4.79 Å². The Morgan fingerprint density at radius 3 is 2.82 bits per heavy atom. The third-order valence-electron chi connectivity index (χ3n) is 2.43. The van der Waals surface area contributed by atoms with Gasteiger partial charge in [-0.25, -0.2) is 4.98 Å². The van der Waals surface area contributed by atoms with E-state index < -0.39 is 6.04 Å². The number of carbonyl (C=O) groups is 1. The highest BCUT2D eigenvalue weighted by molar-refractivity contribution is 7.11. The Morgan fingerprint density at radius 2 is 2.29 bits per heavy atom. The first-order valence-electron chi connectivity index (χ1n) is 5.99. The molecule has 1 aromatic heterocycles. The van der Waals surface area contributed by atoms with Gasteiger partial charge in [0.05, 0.1) is 12.6 Å². The van der Waals surface area contributed by atoms with Gasteiger partial charge in [0.15, 0.2) is 0 Å². The third-order valence-corrected chi connectivity index (χ3v) is 3.57. The lowest BCUT2D eigenvalue weighted by Crippen LogP contribution is -2.40. The Morgan fingerprint density at radius 1 is 1.59 bits per heavy atom. The number of thiazole rings is 1. The van der Waals surface area contributed by atoms with Gasteiger partial charge in [-0.2, -0.15) is 0 Å². The molecule has 0 aromatic carbocycles. The summed E-state index contributed by atoms with van der Waals surface area (Å²) in [6.07, 6.45) is 3.56. The second-order valence-corrected chi connectivity index (χ2v) is 5.73. The van der Waals surface area contributed by atoms with Crippen LogP contribution in [0.1, 0.15) is 37.1 Å². The van der Waals surface area contributed by atoms with Crippen molar-refractivity contribution in [2.24, 2.45) is 11.7 Å². The van der Waals surface area contributed by atoms with Crippen LogP contribution < -0.4 is 11.1 Å². The van der Waals surface area contributed by atoms with E-state index in [4.69, 9.17) is 5.73 Å². The summed E-state index contributed by atoms with van der Waals surface area (Å²) in [5, 5.41) is 3.76. The van der Waals surface area contributed by atoms with Crippen molar-refractivity contribution in [2.45, 2.75) is 46.2 Å². The van der Waals surface area contributed by atoms with E-state index in [2.05, 4.69) is 31.1 Å². The van der Waals surface area contributed by atoms with Crippen molar-refractivity contribution in [1.29, 1.82) is 0 Å². The van der Waals surface area contributed by atoms with Crippen LogP contribution in [0.15, 0.2) is 6.20 Å². The molecule has 0 bridgehead atoms. The molecule has 0 saturated carbocycles. The Kier molecular flexibility index (Phi) is 5.58. The number of nitrogens with zero attached hydrogens (tertiary/aromatic N) is 1. The molecule has 1 aromatic rings. The predicted molar refractivity (Wildman–Crippen MR) is 70.8 cm³/mol. The summed E-state index contributed by atoms with van der Waals surface area (Å²) in [7, 11) is 0. The summed E-state index contributed by atoms with van der Waals surface area (Å²) >= 11 is 1.63. The molecule has 0 radical (unpaired) electrons. The average Bonchev–Trinajstić information content (AvgIpc) is 2.72. The molecular weight excluding hydrogens is 234 g/mol. The van der Waals surface area contributed by atoms with Crippen molar-refractivity contribution in [3.05, 3.63) is 16.1 Å². The number of rotatable bonds is 6. The highest BCUT2D eigenvalue weighted by Crippen LogP contribution is 2.13. The van der Waals surface area contributed by atoms with Crippen molar-refractivity contribution >= 4 is 17.2 Å². The Bertz CT molecular complexity index is 362. The summed E-state index contributed by atoms with van der Waals surface area (Å²) in [4.78, 5) is 17.1. The first-order valence-corrected chi connectivity index (χ1v) is 6.81. The molecule has 0 spiro atoms. The normalized spacial score (nSPS) is 12.8. The molecule has 4 nitrogen and oxygen atoms in total. The zero-order chi connectivity index (χ0) is 12.8. The van der Waals surface area contributed by atoms with Crippen LogP contribution in [0.2, 0.25) is 0 Å². The van der Waals surface area contributed by atoms with Crippen LogP contribution >= 0.6 is 11.3 Å². The summed E-state index contributed by atoms with van der Waals surface area (Å²) in [5.74, 6) is 0.342. The molecule has 96 valence electrons. The van der Waals surface area contributed by atoms with E-state index in [9.17, 15) is 4.79 Å². The lowest BCUT2D eigenvalue weighted by atomic mass is 10.0. The molecule has 1 atom stereocenters. The van der Waals surface area contributed by atoms with Crippen molar-refractivity contribution in [2.75, 3.05) is 0 Å². The topological polar surface area (TPSA) is 68.0 Å². The van der Waals surface area contributed by atoms with Crippen LogP contribution in [0.5, 0.6) is 0 Å². The number of hydrogen-bond donors (Lipinski definition) is 2. The van der Waals surface area contributed by atoms with Crippen LogP contribution in [0.25, 0.3) is 0 Å². The molecule has 5 heteroatoms. The lowest BCUT2D eigenvalue weighted by molar-refractivity contribution is -0.122. The van der Waals surface area contributed by atoms with E-state index in [0.29, 0.717) is 18.9 Å². The van der Waals surface area contributed by atoms with Crippen LogP contribution in [-0.4, -0.2) is 16.9 Å². The van der Waals surface area contributed by atoms with E-state index in [1.807, 2.05) is 6.20 Å². The summed E-state index contributed by atoms with van der Waals surface area (Å²) in [6.45, 7) is 6.69. The minimum Gasteiger partial charge on any atom is -0.348 e. The van der Waals surface area contributed by atoms with E-state index in [0.717, 1.165) is 11.4 Å². The maximum absolute atomic E-state index is 11.7. The van der Waals surface area contributed by atoms with Crippen molar-refractivity contribution in [1.82, 2.24) is 10.3 Å². The van der Waals surface area contributed by atoms with Crippen LogP contribution in [0, 0.1) is 5.92 Å². The Hall–Kier alpha value is -0.940. The minimum atomic E-state index is -0.416. The monoisotopic (exact) mass is 255 g/mol. The fourth-order valence-electron chi connectivity index (χ4n) is 1.50. The van der Waals surface area contributed by atoms with Gasteiger partial charge in [0.2, 0.25) is 5.91 Å². The number of nitrogens with two attached hydrogens (primary N) is 1. The van der Waals surface area contributed by atoms with Gasteiger partial charge in [-0.1, -0.05) is 20.8 Å². The van der Waals surface area contributed by atoms with Crippen LogP contribution in [-0.2, 0) is 17.8 Å². The quantitative estimate of drug-likeness (QED) is 0.813. The standard InChI is InChI=1S/C12H21N3OS/c1-4-9-6-14-11(17-9)7-15-12(16)10(13)5-8(2)3/h6,8,10H,4-5,7,13H2,1-3H3,(H,15,16)/t10-/m0/s1. The molecule has 0 aliphatic carbocycles. The largest absolute Gasteiger partial charge is 0.348 e. The molecule has 1 amide bonds. The smallest absolute Gasteiger partial charge is 0.237 e.